The lowest BCUT2D eigenvalue weighted by atomic mass is 10.1. The van der Waals surface area contributed by atoms with E-state index in [0.29, 0.717) is 107 Å². The van der Waals surface area contributed by atoms with Crippen LogP contribution in [0.25, 0.3) is 89.2 Å². The average Bonchev–Trinajstić information content (AvgIpc) is 0.789. The summed E-state index contributed by atoms with van der Waals surface area (Å²) in [5, 5.41) is 1.67. The van der Waals surface area contributed by atoms with E-state index in [2.05, 4.69) is 0 Å². The fourth-order valence-electron chi connectivity index (χ4n) is 10.3. The minimum atomic E-state index is -0.296. The van der Waals surface area contributed by atoms with Gasteiger partial charge < -0.3 is 65.0 Å². The first-order chi connectivity index (χ1) is 44.4. The largest absolute Gasteiger partial charge is 0.497 e. The molecule has 0 aliphatic heterocycles. The number of methoxy groups -OCH3 is 10. The molecule has 0 saturated carbocycles. The molecular formula is C74H68O18. The van der Waals surface area contributed by atoms with Crippen molar-refractivity contribution in [1.82, 2.24) is 0 Å². The minimum Gasteiger partial charge on any atom is -0.497 e. The molecule has 472 valence electrons. The molecule has 0 fully saturated rings. The van der Waals surface area contributed by atoms with Crippen molar-refractivity contribution in [3.63, 3.8) is 0 Å². The van der Waals surface area contributed by atoms with Gasteiger partial charge in [0.25, 0.3) is 0 Å². The topological polar surface area (TPSA) is 213 Å². The molecule has 8 aromatic carbocycles. The fourth-order valence-corrected chi connectivity index (χ4v) is 10.3. The predicted molar refractivity (Wildman–Crippen MR) is 356 cm³/mol. The normalized spacial score (nSPS) is 10.7. The SMILES string of the molecule is COc1cc(C)cc2oc(-c3ccccc3)cc(=O)c12.COc1ccc(-c2cc(=O)c3c(OC)cc(C)cc3o2)cc1.COc1ccc(-c2oc3cc(C)cc(OC)c3c(=O)c2OC)cc1.COc1ccc(-c2oc3cc(C)cc(OC)c3c(=O)c2OC)cc1OC. The van der Waals surface area contributed by atoms with Gasteiger partial charge in [0.1, 0.15) is 89.9 Å². The van der Waals surface area contributed by atoms with E-state index < -0.39 is 0 Å². The Labute approximate surface area is 529 Å². The van der Waals surface area contributed by atoms with Crippen molar-refractivity contribution in [3.8, 4) is 103 Å². The molecule has 18 heteroatoms. The van der Waals surface area contributed by atoms with Crippen LogP contribution in [0.3, 0.4) is 0 Å². The zero-order valence-corrected chi connectivity index (χ0v) is 53.4. The lowest BCUT2D eigenvalue weighted by Crippen LogP contribution is -2.09. The molecular weight excluding hydrogens is 1180 g/mol. The standard InChI is InChI=1S/C20H20O6.C19H18O5.C18H16O4.C17H14O3/c1-11-8-15(24-4)17-16(9-11)26-19(20(25-5)18(17)21)12-6-7-13(22-2)14(10-12)23-3;1-11-9-14(22-3)16-15(10-11)24-18(19(23-4)17(16)20)12-5-7-13(21-2)8-6-12;1-11-8-16(21-3)18-14(19)10-15(22-17(18)9-11)12-4-6-13(20-2)7-5-12;1-11-8-15(19-2)17-13(18)10-14(20-16(17)9-11)12-6-4-3-5-7-12/h6-10H,1-5H3;5-10H,1-4H3;4-10H,1-3H3;3-10H,1-2H3. The van der Waals surface area contributed by atoms with Crippen LogP contribution in [0.4, 0.5) is 0 Å². The van der Waals surface area contributed by atoms with E-state index in [1.807, 2.05) is 125 Å². The molecule has 18 nitrogen and oxygen atoms in total. The van der Waals surface area contributed by atoms with Crippen LogP contribution in [0.5, 0.6) is 57.5 Å². The molecule has 4 aromatic heterocycles. The van der Waals surface area contributed by atoms with Gasteiger partial charge in [-0.3, -0.25) is 19.2 Å². The first-order valence-electron chi connectivity index (χ1n) is 28.6. The number of aryl methyl sites for hydroxylation is 4. The maximum absolute atomic E-state index is 13.0. The van der Waals surface area contributed by atoms with Gasteiger partial charge in [0.05, 0.1) is 71.1 Å². The Balaban J connectivity index is 0.000000146. The number of benzene rings is 8. The van der Waals surface area contributed by atoms with E-state index >= 15 is 0 Å². The summed E-state index contributed by atoms with van der Waals surface area (Å²) >= 11 is 0. The Morgan fingerprint density at radius 2 is 0.609 bits per heavy atom. The van der Waals surface area contributed by atoms with E-state index in [1.165, 1.54) is 40.6 Å². The molecule has 0 aliphatic rings. The van der Waals surface area contributed by atoms with Crippen LogP contribution in [0.15, 0.2) is 195 Å². The first-order valence-corrected chi connectivity index (χ1v) is 28.6. The minimum absolute atomic E-state index is 0.0954. The summed E-state index contributed by atoms with van der Waals surface area (Å²) in [5.74, 6) is 6.62. The monoisotopic (exact) mass is 1240 g/mol. The quantitative estimate of drug-likeness (QED) is 0.0990. The maximum Gasteiger partial charge on any atom is 0.239 e. The van der Waals surface area contributed by atoms with Crippen LogP contribution in [0.1, 0.15) is 22.3 Å². The number of ether oxygens (including phenoxy) is 10. The summed E-state index contributed by atoms with van der Waals surface area (Å²) in [6.45, 7) is 7.70. The maximum atomic E-state index is 13.0. The van der Waals surface area contributed by atoms with Gasteiger partial charge in [-0.2, -0.15) is 0 Å². The van der Waals surface area contributed by atoms with E-state index in [4.69, 9.17) is 65.0 Å². The molecule has 0 unspecified atom stereocenters. The third-order valence-corrected chi connectivity index (χ3v) is 14.7. The summed E-state index contributed by atoms with van der Waals surface area (Å²) in [4.78, 5) is 50.6. The van der Waals surface area contributed by atoms with Crippen LogP contribution < -0.4 is 69.1 Å². The smallest absolute Gasteiger partial charge is 0.239 e. The second kappa shape index (κ2) is 28.8. The number of hydrogen-bond donors (Lipinski definition) is 0. The van der Waals surface area contributed by atoms with Gasteiger partial charge in [0.2, 0.25) is 22.4 Å². The Morgan fingerprint density at radius 3 is 0.978 bits per heavy atom. The molecule has 0 atom stereocenters. The van der Waals surface area contributed by atoms with E-state index in [-0.39, 0.29) is 33.2 Å². The van der Waals surface area contributed by atoms with Crippen molar-refractivity contribution >= 4 is 43.9 Å². The second-order valence-corrected chi connectivity index (χ2v) is 20.8. The molecule has 0 N–H and O–H groups in total. The van der Waals surface area contributed by atoms with Crippen LogP contribution >= 0.6 is 0 Å². The van der Waals surface area contributed by atoms with Crippen LogP contribution in [0, 0.1) is 27.7 Å². The first kappa shape index (κ1) is 65.1. The molecule has 0 radical (unpaired) electrons. The molecule has 0 saturated heterocycles. The highest BCUT2D eigenvalue weighted by Gasteiger charge is 2.23. The van der Waals surface area contributed by atoms with Crippen LogP contribution in [-0.4, -0.2) is 71.1 Å². The second-order valence-electron chi connectivity index (χ2n) is 20.8. The summed E-state index contributed by atoms with van der Waals surface area (Å²) in [7, 11) is 15.3. The molecule has 92 heavy (non-hydrogen) atoms. The zero-order chi connectivity index (χ0) is 65.9. The Kier molecular flexibility index (Phi) is 20.4. The highest BCUT2D eigenvalue weighted by atomic mass is 16.5. The molecule has 12 aromatic rings. The molecule has 4 heterocycles. The Bertz CT molecular complexity index is 4890. The summed E-state index contributed by atoms with van der Waals surface area (Å²) < 4.78 is 76.7. The Hall–Kier alpha value is -11.4. The molecule has 12 rings (SSSR count). The highest BCUT2D eigenvalue weighted by molar-refractivity contribution is 5.90. The van der Waals surface area contributed by atoms with Crippen molar-refractivity contribution < 1.29 is 65.0 Å². The highest BCUT2D eigenvalue weighted by Crippen LogP contribution is 2.40. The van der Waals surface area contributed by atoms with Gasteiger partial charge in [-0.05, 0) is 165 Å². The van der Waals surface area contributed by atoms with Gasteiger partial charge >= 0.3 is 0 Å². The lowest BCUT2D eigenvalue weighted by Gasteiger charge is -2.13. The van der Waals surface area contributed by atoms with Gasteiger partial charge in [-0.15, -0.1) is 0 Å². The molecule has 0 bridgehead atoms. The average molecular weight is 1250 g/mol. The number of rotatable bonds is 14. The van der Waals surface area contributed by atoms with E-state index in [9.17, 15) is 19.2 Å². The van der Waals surface area contributed by atoms with Gasteiger partial charge in [-0.1, -0.05) is 30.3 Å². The van der Waals surface area contributed by atoms with Crippen molar-refractivity contribution in [2.75, 3.05) is 71.1 Å². The van der Waals surface area contributed by atoms with Crippen LogP contribution in [0.2, 0.25) is 0 Å². The number of hydrogen-bond acceptors (Lipinski definition) is 18. The summed E-state index contributed by atoms with van der Waals surface area (Å²) in [5.41, 5.74) is 8.07. The van der Waals surface area contributed by atoms with Gasteiger partial charge in [0, 0.05) is 34.4 Å². The van der Waals surface area contributed by atoms with Gasteiger partial charge in [0.15, 0.2) is 33.9 Å². The molecule has 0 spiro atoms. The van der Waals surface area contributed by atoms with Gasteiger partial charge in [-0.25, -0.2) is 0 Å². The van der Waals surface area contributed by atoms with Crippen LogP contribution in [-0.2, 0) is 0 Å². The predicted octanol–water partition coefficient (Wildman–Crippen LogP) is 15.2. The third-order valence-electron chi connectivity index (χ3n) is 14.7. The van der Waals surface area contributed by atoms with Crippen molar-refractivity contribution in [1.29, 1.82) is 0 Å². The lowest BCUT2D eigenvalue weighted by molar-refractivity contribution is 0.355. The molecule has 0 amide bonds. The van der Waals surface area contributed by atoms with E-state index in [0.717, 1.165) is 50.4 Å². The Morgan fingerprint density at radius 1 is 0.272 bits per heavy atom. The third kappa shape index (κ3) is 13.7. The van der Waals surface area contributed by atoms with Crippen molar-refractivity contribution in [3.05, 3.63) is 221 Å². The zero-order valence-electron chi connectivity index (χ0n) is 53.4. The molecule has 0 aliphatic carbocycles. The number of fused-ring (bicyclic) bond motifs is 4. The van der Waals surface area contributed by atoms with Crippen molar-refractivity contribution in [2.45, 2.75) is 27.7 Å². The summed E-state index contributed by atoms with van der Waals surface area (Å²) in [6.07, 6.45) is 0. The summed E-state index contributed by atoms with van der Waals surface area (Å²) in [6, 6.07) is 47.0. The van der Waals surface area contributed by atoms with Crippen molar-refractivity contribution in [2.24, 2.45) is 0 Å². The fraction of sp³-hybridized carbons (Fsp3) is 0.189. The van der Waals surface area contributed by atoms with E-state index in [1.54, 1.807) is 91.2 Å².